The van der Waals surface area contributed by atoms with Crippen LogP contribution in [0, 0.1) is 0 Å². The molecule has 0 saturated heterocycles. The zero-order valence-corrected chi connectivity index (χ0v) is 15.1. The van der Waals surface area contributed by atoms with Crippen molar-refractivity contribution >= 4 is 32.7 Å². The Morgan fingerprint density at radius 3 is 2.75 bits per heavy atom. The number of benzene rings is 2. The fourth-order valence-corrected chi connectivity index (χ4v) is 3.86. The predicted molar refractivity (Wildman–Crippen MR) is 99.1 cm³/mol. The van der Waals surface area contributed by atoms with Crippen molar-refractivity contribution in [2.45, 2.75) is 12.6 Å². The van der Waals surface area contributed by atoms with Crippen molar-refractivity contribution in [1.82, 2.24) is 15.2 Å². The van der Waals surface area contributed by atoms with Crippen molar-refractivity contribution in [1.29, 1.82) is 0 Å². The van der Waals surface area contributed by atoms with Gasteiger partial charge in [-0.3, -0.25) is 4.79 Å². The standard InChI is InChI=1S/C19H18BrN3O/c1-23(2)10-16-17(13-5-3-4-6-15(13)21-16)18-14-9-11(20)7-8-12(14)19(24)22-18/h3-9,18,21H,10H2,1-2H3,(H,22,24). The van der Waals surface area contributed by atoms with Crippen LogP contribution in [0.3, 0.4) is 0 Å². The Morgan fingerprint density at radius 2 is 1.96 bits per heavy atom. The topological polar surface area (TPSA) is 48.1 Å². The molecule has 4 nitrogen and oxygen atoms in total. The number of hydrogen-bond acceptors (Lipinski definition) is 2. The normalized spacial score (nSPS) is 16.7. The number of carbonyl (C=O) groups excluding carboxylic acids is 1. The van der Waals surface area contributed by atoms with E-state index in [1.54, 1.807) is 0 Å². The number of carbonyl (C=O) groups is 1. The van der Waals surface area contributed by atoms with Crippen LogP contribution in [0.4, 0.5) is 0 Å². The number of H-pyrrole nitrogens is 1. The summed E-state index contributed by atoms with van der Waals surface area (Å²) < 4.78 is 0.983. The van der Waals surface area contributed by atoms with Gasteiger partial charge in [-0.25, -0.2) is 0 Å². The van der Waals surface area contributed by atoms with Gasteiger partial charge >= 0.3 is 0 Å². The molecule has 122 valence electrons. The van der Waals surface area contributed by atoms with Crippen LogP contribution in [-0.2, 0) is 6.54 Å². The van der Waals surface area contributed by atoms with Gasteiger partial charge in [-0.2, -0.15) is 0 Å². The molecule has 1 aliphatic heterocycles. The summed E-state index contributed by atoms with van der Waals surface area (Å²) in [5, 5.41) is 4.32. The fraction of sp³-hybridized carbons (Fsp3) is 0.211. The molecule has 5 heteroatoms. The Labute approximate surface area is 149 Å². The highest BCUT2D eigenvalue weighted by Gasteiger charge is 2.33. The van der Waals surface area contributed by atoms with Gasteiger partial charge in [0.1, 0.15) is 0 Å². The van der Waals surface area contributed by atoms with Gasteiger partial charge in [0.2, 0.25) is 0 Å². The molecule has 0 bridgehead atoms. The van der Waals surface area contributed by atoms with E-state index < -0.39 is 0 Å². The molecule has 2 N–H and O–H groups in total. The average Bonchev–Trinajstić information content (AvgIpc) is 3.04. The van der Waals surface area contributed by atoms with Crippen LogP contribution in [0.2, 0.25) is 0 Å². The molecule has 0 saturated carbocycles. The van der Waals surface area contributed by atoms with Crippen molar-refractivity contribution in [2.75, 3.05) is 14.1 Å². The van der Waals surface area contributed by atoms with E-state index in [0.29, 0.717) is 0 Å². The van der Waals surface area contributed by atoms with Gasteiger partial charge in [0, 0.05) is 38.7 Å². The highest BCUT2D eigenvalue weighted by Crippen LogP contribution is 2.38. The van der Waals surface area contributed by atoms with Crippen molar-refractivity contribution in [3.8, 4) is 0 Å². The van der Waals surface area contributed by atoms with Gasteiger partial charge < -0.3 is 15.2 Å². The molecule has 24 heavy (non-hydrogen) atoms. The van der Waals surface area contributed by atoms with Crippen molar-refractivity contribution in [2.24, 2.45) is 0 Å². The van der Waals surface area contributed by atoms with E-state index >= 15 is 0 Å². The quantitative estimate of drug-likeness (QED) is 0.721. The molecule has 1 atom stereocenters. The first kappa shape index (κ1) is 15.4. The van der Waals surface area contributed by atoms with Crippen LogP contribution in [0.5, 0.6) is 0 Å². The summed E-state index contributed by atoms with van der Waals surface area (Å²) in [4.78, 5) is 18.1. The maximum atomic E-state index is 12.4. The Bertz CT molecular complexity index is 945. The Kier molecular flexibility index (Phi) is 3.70. The van der Waals surface area contributed by atoms with E-state index in [1.807, 2.05) is 44.4 Å². The monoisotopic (exact) mass is 383 g/mol. The molecule has 0 radical (unpaired) electrons. The Hall–Kier alpha value is -2.11. The Balaban J connectivity index is 1.94. The molecular weight excluding hydrogens is 366 g/mol. The Morgan fingerprint density at radius 1 is 1.17 bits per heavy atom. The number of nitrogens with zero attached hydrogens (tertiary/aromatic N) is 1. The summed E-state index contributed by atoms with van der Waals surface area (Å²) in [5.41, 5.74) is 5.18. The van der Waals surface area contributed by atoms with Crippen LogP contribution in [0.25, 0.3) is 10.9 Å². The minimum Gasteiger partial charge on any atom is -0.357 e. The lowest BCUT2D eigenvalue weighted by Crippen LogP contribution is -2.22. The molecule has 0 aliphatic carbocycles. The van der Waals surface area contributed by atoms with E-state index in [-0.39, 0.29) is 11.9 Å². The minimum atomic E-state index is -0.129. The third kappa shape index (κ3) is 2.44. The summed E-state index contributed by atoms with van der Waals surface area (Å²) in [6, 6.07) is 14.0. The SMILES string of the molecule is CN(C)Cc1[nH]c2ccccc2c1C1NC(=O)c2ccc(Br)cc21. The zero-order valence-electron chi connectivity index (χ0n) is 13.6. The summed E-state index contributed by atoms with van der Waals surface area (Å²) in [6.07, 6.45) is 0. The molecule has 0 fully saturated rings. The molecule has 1 aliphatic rings. The van der Waals surface area contributed by atoms with Crippen molar-refractivity contribution < 1.29 is 4.79 Å². The number of aromatic amines is 1. The average molecular weight is 384 g/mol. The van der Waals surface area contributed by atoms with E-state index in [1.165, 1.54) is 0 Å². The van der Waals surface area contributed by atoms with Gasteiger partial charge in [-0.15, -0.1) is 0 Å². The summed E-state index contributed by atoms with van der Waals surface area (Å²) in [6.45, 7) is 0.791. The lowest BCUT2D eigenvalue weighted by molar-refractivity contribution is 0.0960. The number of amides is 1. The molecular formula is C19H18BrN3O. The van der Waals surface area contributed by atoms with E-state index in [9.17, 15) is 4.79 Å². The molecule has 2 heterocycles. The molecule has 0 spiro atoms. The fourth-order valence-electron chi connectivity index (χ4n) is 3.48. The highest BCUT2D eigenvalue weighted by atomic mass is 79.9. The lowest BCUT2D eigenvalue weighted by Gasteiger charge is -2.16. The van der Waals surface area contributed by atoms with Crippen LogP contribution in [0.15, 0.2) is 46.9 Å². The lowest BCUT2D eigenvalue weighted by atomic mass is 9.95. The van der Waals surface area contributed by atoms with Crippen LogP contribution >= 0.6 is 15.9 Å². The number of aromatic nitrogens is 1. The molecule has 1 aromatic heterocycles. The number of halogens is 1. The number of rotatable bonds is 3. The molecule has 3 aromatic rings. The van der Waals surface area contributed by atoms with Gasteiger partial charge in [0.25, 0.3) is 5.91 Å². The maximum absolute atomic E-state index is 12.4. The second-order valence-corrected chi connectivity index (χ2v) is 7.35. The van der Waals surface area contributed by atoms with Gasteiger partial charge in [0.15, 0.2) is 0 Å². The summed E-state index contributed by atoms with van der Waals surface area (Å²) in [5.74, 6) is -0.0106. The van der Waals surface area contributed by atoms with E-state index in [0.717, 1.165) is 44.3 Å². The first-order valence-corrected chi connectivity index (χ1v) is 8.68. The number of nitrogens with one attached hydrogen (secondary N) is 2. The van der Waals surface area contributed by atoms with Crippen LogP contribution in [0.1, 0.15) is 33.2 Å². The van der Waals surface area contributed by atoms with Crippen LogP contribution < -0.4 is 5.32 Å². The second kappa shape index (κ2) is 5.76. The number of hydrogen-bond donors (Lipinski definition) is 2. The third-order valence-corrected chi connectivity index (χ3v) is 4.93. The van der Waals surface area contributed by atoms with Gasteiger partial charge in [-0.1, -0.05) is 34.1 Å². The van der Waals surface area contributed by atoms with Gasteiger partial charge in [0.05, 0.1) is 6.04 Å². The highest BCUT2D eigenvalue weighted by molar-refractivity contribution is 9.10. The third-order valence-electron chi connectivity index (χ3n) is 4.44. The van der Waals surface area contributed by atoms with Crippen LogP contribution in [-0.4, -0.2) is 29.9 Å². The van der Waals surface area contributed by atoms with Gasteiger partial charge in [-0.05, 0) is 43.9 Å². The molecule has 1 unspecified atom stereocenters. The number of fused-ring (bicyclic) bond motifs is 2. The van der Waals surface area contributed by atoms with E-state index in [2.05, 4.69) is 43.3 Å². The van der Waals surface area contributed by atoms with E-state index in [4.69, 9.17) is 0 Å². The zero-order chi connectivity index (χ0) is 16.8. The largest absolute Gasteiger partial charge is 0.357 e. The predicted octanol–water partition coefficient (Wildman–Crippen LogP) is 3.82. The second-order valence-electron chi connectivity index (χ2n) is 6.44. The smallest absolute Gasteiger partial charge is 0.252 e. The maximum Gasteiger partial charge on any atom is 0.252 e. The number of para-hydroxylation sites is 1. The van der Waals surface area contributed by atoms with Crippen molar-refractivity contribution in [3.63, 3.8) is 0 Å². The first-order chi connectivity index (χ1) is 11.5. The minimum absolute atomic E-state index is 0.0106. The summed E-state index contributed by atoms with van der Waals surface area (Å²) >= 11 is 3.53. The molecule has 4 rings (SSSR count). The van der Waals surface area contributed by atoms with Crippen molar-refractivity contribution in [3.05, 3.63) is 69.3 Å². The molecule has 1 amide bonds. The summed E-state index contributed by atoms with van der Waals surface area (Å²) in [7, 11) is 4.10. The molecule has 2 aromatic carbocycles. The first-order valence-electron chi connectivity index (χ1n) is 7.89.